The van der Waals surface area contributed by atoms with Gasteiger partial charge >= 0.3 is 19.4 Å². The molecule has 2 heterocycles. The summed E-state index contributed by atoms with van der Waals surface area (Å²) in [5, 5.41) is 13.1. The fourth-order valence-corrected chi connectivity index (χ4v) is 6.10. The fraction of sp³-hybridized carbons (Fsp3) is 0.560. The van der Waals surface area contributed by atoms with Gasteiger partial charge in [-0.1, -0.05) is 6.42 Å². The van der Waals surface area contributed by atoms with E-state index in [-0.39, 0.29) is 11.9 Å². The minimum atomic E-state index is -4.45. The lowest BCUT2D eigenvalue weighted by atomic mass is 9.98. The standard InChI is InChI=1S/C25H32F2N3O9P/c1-15(22(33)37-17-6-4-3-5-7-17)29-40(35,39-18-10-8-16(26)9-11-18)36-14-19-21(32)25(2,27)23(38-19)30-13-12-20(31)28-24(30)34/h8-13,15,17,19,21,23,32H,3-7,14H2,1-2H3,(H,29,35)(H,28,31,34)/t15?,19-,21-,23-,25-,40?/m1/s1. The molecular formula is C25H32F2N3O9P. The highest BCUT2D eigenvalue weighted by molar-refractivity contribution is 7.52. The van der Waals surface area contributed by atoms with Gasteiger partial charge in [-0.25, -0.2) is 18.1 Å². The van der Waals surface area contributed by atoms with Crippen molar-refractivity contribution in [3.05, 3.63) is 63.2 Å². The van der Waals surface area contributed by atoms with Gasteiger partial charge in [0, 0.05) is 12.3 Å². The predicted molar refractivity (Wildman–Crippen MR) is 137 cm³/mol. The van der Waals surface area contributed by atoms with E-state index >= 15 is 4.39 Å². The number of ether oxygens (including phenoxy) is 2. The van der Waals surface area contributed by atoms with Crippen LogP contribution in [0.4, 0.5) is 8.78 Å². The Morgan fingerprint density at radius 3 is 2.58 bits per heavy atom. The molecule has 0 bridgehead atoms. The number of esters is 1. The second-order valence-electron chi connectivity index (χ2n) is 10.0. The molecule has 220 valence electrons. The zero-order chi connectivity index (χ0) is 29.1. The van der Waals surface area contributed by atoms with E-state index in [2.05, 4.69) is 5.09 Å². The molecule has 4 rings (SSSR count). The molecule has 2 fully saturated rings. The number of benzene rings is 1. The summed E-state index contributed by atoms with van der Waals surface area (Å²) in [6.07, 6.45) is 0.145. The molecule has 1 aliphatic carbocycles. The summed E-state index contributed by atoms with van der Waals surface area (Å²) in [6, 6.07) is 4.32. The molecule has 0 radical (unpaired) electrons. The van der Waals surface area contributed by atoms with Crippen LogP contribution in [0.3, 0.4) is 0 Å². The SMILES string of the molecule is CC(NP(=O)(OC[C@H]1O[C@@H](n2ccc(=O)[nH]c2=O)[C@](C)(F)[C@@H]1O)Oc1ccc(F)cc1)C(=O)OC1CCCCC1. The van der Waals surface area contributed by atoms with Crippen molar-refractivity contribution >= 4 is 13.7 Å². The Morgan fingerprint density at radius 2 is 1.93 bits per heavy atom. The number of nitrogens with zero attached hydrogens (tertiary/aromatic N) is 1. The summed E-state index contributed by atoms with van der Waals surface area (Å²) >= 11 is 0. The lowest BCUT2D eigenvalue weighted by Gasteiger charge is -2.27. The third-order valence-electron chi connectivity index (χ3n) is 6.81. The van der Waals surface area contributed by atoms with E-state index in [1.807, 2.05) is 4.98 Å². The smallest absolute Gasteiger partial charge is 0.459 e. The number of carbonyl (C=O) groups excluding carboxylic acids is 1. The minimum Gasteiger partial charge on any atom is -0.461 e. The van der Waals surface area contributed by atoms with E-state index in [4.69, 9.17) is 18.5 Å². The highest BCUT2D eigenvalue weighted by atomic mass is 31.2. The molecule has 12 nitrogen and oxygen atoms in total. The Balaban J connectivity index is 1.49. The molecule has 40 heavy (non-hydrogen) atoms. The van der Waals surface area contributed by atoms with E-state index in [1.165, 1.54) is 19.1 Å². The number of rotatable bonds is 10. The zero-order valence-electron chi connectivity index (χ0n) is 22.0. The Morgan fingerprint density at radius 1 is 1.25 bits per heavy atom. The van der Waals surface area contributed by atoms with Crippen LogP contribution < -0.4 is 20.9 Å². The Bertz CT molecular complexity index is 1340. The summed E-state index contributed by atoms with van der Waals surface area (Å²) in [7, 11) is -4.45. The van der Waals surface area contributed by atoms with E-state index in [0.29, 0.717) is 0 Å². The number of H-pyrrole nitrogens is 1. The van der Waals surface area contributed by atoms with Gasteiger partial charge < -0.3 is 19.1 Å². The summed E-state index contributed by atoms with van der Waals surface area (Å²) < 4.78 is 65.5. The topological polar surface area (TPSA) is 158 Å². The third kappa shape index (κ3) is 7.05. The van der Waals surface area contributed by atoms with Crippen molar-refractivity contribution in [1.82, 2.24) is 14.6 Å². The number of halogens is 2. The summed E-state index contributed by atoms with van der Waals surface area (Å²) in [4.78, 5) is 38.3. The first-order chi connectivity index (χ1) is 18.9. The number of hydrogen-bond acceptors (Lipinski definition) is 9. The molecule has 0 spiro atoms. The number of hydrogen-bond donors (Lipinski definition) is 3. The van der Waals surface area contributed by atoms with Crippen molar-refractivity contribution in [2.75, 3.05) is 6.61 Å². The molecule has 2 aromatic rings. The molecule has 2 aliphatic rings. The van der Waals surface area contributed by atoms with Gasteiger partial charge in [-0.15, -0.1) is 0 Å². The van der Waals surface area contributed by atoms with Crippen molar-refractivity contribution in [3.8, 4) is 5.75 Å². The molecule has 1 aromatic heterocycles. The van der Waals surface area contributed by atoms with Crippen molar-refractivity contribution in [2.24, 2.45) is 0 Å². The maximum Gasteiger partial charge on any atom is 0.459 e. The van der Waals surface area contributed by atoms with Crippen LogP contribution in [0, 0.1) is 5.82 Å². The normalized spacial score (nSPS) is 27.6. The summed E-state index contributed by atoms with van der Waals surface area (Å²) in [5.74, 6) is -1.33. The Hall–Kier alpha value is -2.90. The molecule has 1 aliphatic heterocycles. The monoisotopic (exact) mass is 587 g/mol. The molecule has 0 amide bonds. The summed E-state index contributed by atoms with van der Waals surface area (Å²) in [6.45, 7) is 1.69. The molecule has 1 saturated carbocycles. The molecule has 6 atom stereocenters. The van der Waals surface area contributed by atoms with Gasteiger partial charge in [0.2, 0.25) is 0 Å². The van der Waals surface area contributed by atoms with Crippen LogP contribution >= 0.6 is 7.75 Å². The fourth-order valence-electron chi connectivity index (χ4n) is 4.60. The predicted octanol–water partition coefficient (Wildman–Crippen LogP) is 2.72. The van der Waals surface area contributed by atoms with Crippen LogP contribution in [0.15, 0.2) is 46.1 Å². The molecule has 1 aromatic carbocycles. The van der Waals surface area contributed by atoms with E-state index in [0.717, 1.165) is 68.0 Å². The lowest BCUT2D eigenvalue weighted by Crippen LogP contribution is -2.44. The quantitative estimate of drug-likeness (QED) is 0.279. The second-order valence-corrected chi connectivity index (χ2v) is 11.7. The average Bonchev–Trinajstić information content (AvgIpc) is 3.13. The first kappa shape index (κ1) is 30.1. The zero-order valence-corrected chi connectivity index (χ0v) is 22.9. The van der Waals surface area contributed by atoms with Crippen molar-refractivity contribution in [1.29, 1.82) is 0 Å². The number of aromatic amines is 1. The molecule has 3 N–H and O–H groups in total. The average molecular weight is 588 g/mol. The number of alkyl halides is 1. The van der Waals surface area contributed by atoms with E-state index in [9.17, 15) is 28.4 Å². The van der Waals surface area contributed by atoms with Crippen LogP contribution in [0.25, 0.3) is 0 Å². The van der Waals surface area contributed by atoms with Gasteiger partial charge in [0.1, 0.15) is 35.9 Å². The maximum atomic E-state index is 15.5. The molecular weight excluding hydrogens is 555 g/mol. The number of carbonyl (C=O) groups is 1. The maximum absolute atomic E-state index is 15.5. The van der Waals surface area contributed by atoms with Crippen molar-refractivity contribution < 1.29 is 41.8 Å². The highest BCUT2D eigenvalue weighted by Gasteiger charge is 2.56. The van der Waals surface area contributed by atoms with Crippen molar-refractivity contribution in [3.63, 3.8) is 0 Å². The number of aromatic nitrogens is 2. The van der Waals surface area contributed by atoms with Gasteiger partial charge in [-0.2, -0.15) is 5.09 Å². The highest BCUT2D eigenvalue weighted by Crippen LogP contribution is 2.47. The van der Waals surface area contributed by atoms with Crippen LogP contribution in [-0.2, 0) is 23.4 Å². The summed E-state index contributed by atoms with van der Waals surface area (Å²) in [5.41, 5.74) is -4.20. The molecule has 1 saturated heterocycles. The second kappa shape index (κ2) is 12.3. The van der Waals surface area contributed by atoms with Gasteiger partial charge in [0.25, 0.3) is 5.56 Å². The first-order valence-electron chi connectivity index (χ1n) is 12.9. The van der Waals surface area contributed by atoms with Crippen LogP contribution in [0.5, 0.6) is 5.75 Å². The third-order valence-corrected chi connectivity index (χ3v) is 8.45. The number of aliphatic hydroxyl groups excluding tert-OH is 1. The van der Waals surface area contributed by atoms with Gasteiger partial charge in [-0.3, -0.25) is 23.7 Å². The van der Waals surface area contributed by atoms with Gasteiger partial charge in [0.15, 0.2) is 11.9 Å². The Labute approximate surface area is 228 Å². The van der Waals surface area contributed by atoms with Gasteiger partial charge in [-0.05, 0) is 63.8 Å². The Kier molecular flexibility index (Phi) is 9.26. The molecule has 15 heteroatoms. The van der Waals surface area contributed by atoms with E-state index < -0.39 is 67.5 Å². The first-order valence-corrected chi connectivity index (χ1v) is 14.4. The van der Waals surface area contributed by atoms with Crippen LogP contribution in [0.2, 0.25) is 0 Å². The van der Waals surface area contributed by atoms with Gasteiger partial charge in [0.05, 0.1) is 6.61 Å². The van der Waals surface area contributed by atoms with Crippen LogP contribution in [0.1, 0.15) is 52.2 Å². The molecule has 2 unspecified atom stereocenters. The minimum absolute atomic E-state index is 0.0639. The number of nitrogens with one attached hydrogen (secondary N) is 2. The largest absolute Gasteiger partial charge is 0.461 e. The lowest BCUT2D eigenvalue weighted by molar-refractivity contribution is -0.152. The number of aliphatic hydroxyl groups is 1. The van der Waals surface area contributed by atoms with Crippen LogP contribution in [-0.4, -0.2) is 57.3 Å². The van der Waals surface area contributed by atoms with Crippen molar-refractivity contribution in [2.45, 2.75) is 82.2 Å². The van der Waals surface area contributed by atoms with E-state index in [1.54, 1.807) is 0 Å².